The van der Waals surface area contributed by atoms with Crippen molar-refractivity contribution in [3.8, 4) is 0 Å². The third-order valence-corrected chi connectivity index (χ3v) is 3.08. The molecule has 2 amide bonds. The Morgan fingerprint density at radius 1 is 1.24 bits per heavy atom. The highest BCUT2D eigenvalue weighted by Crippen LogP contribution is 2.14. The SMILES string of the molecule is Cc1cc(CNC(=O)NCC(C)CC(=O)O)cc(C)c1F. The van der Waals surface area contributed by atoms with Gasteiger partial charge in [-0.1, -0.05) is 19.1 Å². The fraction of sp³-hybridized carbons (Fsp3) is 0.467. The molecule has 0 saturated heterocycles. The van der Waals surface area contributed by atoms with Crippen LogP contribution in [0.2, 0.25) is 0 Å². The zero-order valence-electron chi connectivity index (χ0n) is 12.5. The Bertz CT molecular complexity index is 509. The normalized spacial score (nSPS) is 11.8. The number of urea groups is 1. The molecule has 21 heavy (non-hydrogen) atoms. The molecule has 0 aromatic heterocycles. The molecular formula is C15H21FN2O3. The van der Waals surface area contributed by atoms with Gasteiger partial charge in [0.25, 0.3) is 0 Å². The number of carbonyl (C=O) groups is 2. The zero-order chi connectivity index (χ0) is 16.0. The second-order valence-corrected chi connectivity index (χ2v) is 5.31. The van der Waals surface area contributed by atoms with Crippen molar-refractivity contribution in [1.29, 1.82) is 0 Å². The summed E-state index contributed by atoms with van der Waals surface area (Å²) in [5, 5.41) is 13.9. The second-order valence-electron chi connectivity index (χ2n) is 5.31. The predicted molar refractivity (Wildman–Crippen MR) is 77.5 cm³/mol. The Morgan fingerprint density at radius 2 is 1.81 bits per heavy atom. The molecule has 1 unspecified atom stereocenters. The number of amides is 2. The van der Waals surface area contributed by atoms with Crippen LogP contribution in [-0.2, 0) is 11.3 Å². The maximum absolute atomic E-state index is 13.5. The van der Waals surface area contributed by atoms with Gasteiger partial charge in [-0.3, -0.25) is 4.79 Å². The fourth-order valence-electron chi connectivity index (χ4n) is 2.02. The van der Waals surface area contributed by atoms with Gasteiger partial charge in [-0.2, -0.15) is 0 Å². The number of benzene rings is 1. The fourth-order valence-corrected chi connectivity index (χ4v) is 2.02. The van der Waals surface area contributed by atoms with Crippen molar-refractivity contribution in [2.45, 2.75) is 33.7 Å². The van der Waals surface area contributed by atoms with Crippen LogP contribution in [0.15, 0.2) is 12.1 Å². The van der Waals surface area contributed by atoms with Gasteiger partial charge in [-0.15, -0.1) is 0 Å². The van der Waals surface area contributed by atoms with Gasteiger partial charge in [0, 0.05) is 19.5 Å². The number of carbonyl (C=O) groups excluding carboxylic acids is 1. The molecule has 1 atom stereocenters. The quantitative estimate of drug-likeness (QED) is 0.754. The van der Waals surface area contributed by atoms with E-state index in [2.05, 4.69) is 10.6 Å². The van der Waals surface area contributed by atoms with Crippen LogP contribution in [0, 0.1) is 25.6 Å². The van der Waals surface area contributed by atoms with Crippen LogP contribution in [0.4, 0.5) is 9.18 Å². The van der Waals surface area contributed by atoms with Crippen molar-refractivity contribution >= 4 is 12.0 Å². The Hall–Kier alpha value is -2.11. The van der Waals surface area contributed by atoms with Crippen molar-refractivity contribution in [3.05, 3.63) is 34.6 Å². The molecule has 0 radical (unpaired) electrons. The summed E-state index contributed by atoms with van der Waals surface area (Å²) in [6.45, 7) is 5.70. The van der Waals surface area contributed by atoms with Crippen LogP contribution in [0.5, 0.6) is 0 Å². The molecule has 0 spiro atoms. The number of hydrogen-bond donors (Lipinski definition) is 3. The Kier molecular flexibility index (Phi) is 6.14. The van der Waals surface area contributed by atoms with Crippen LogP contribution >= 0.6 is 0 Å². The summed E-state index contributed by atoms with van der Waals surface area (Å²) in [5.41, 5.74) is 1.91. The van der Waals surface area contributed by atoms with E-state index in [1.165, 1.54) is 0 Å². The molecule has 116 valence electrons. The Balaban J connectivity index is 2.41. The lowest BCUT2D eigenvalue weighted by atomic mass is 10.1. The monoisotopic (exact) mass is 296 g/mol. The van der Waals surface area contributed by atoms with Crippen LogP contribution < -0.4 is 10.6 Å². The molecule has 0 heterocycles. The average molecular weight is 296 g/mol. The van der Waals surface area contributed by atoms with Crippen LogP contribution in [-0.4, -0.2) is 23.7 Å². The minimum absolute atomic E-state index is 0.0105. The molecule has 0 aliphatic heterocycles. The van der Waals surface area contributed by atoms with Gasteiger partial charge in [0.1, 0.15) is 5.82 Å². The topological polar surface area (TPSA) is 78.4 Å². The maximum atomic E-state index is 13.5. The number of carboxylic acid groups (broad SMARTS) is 1. The number of nitrogens with one attached hydrogen (secondary N) is 2. The predicted octanol–water partition coefficient (Wildman–Crippen LogP) is 2.35. The van der Waals surface area contributed by atoms with Gasteiger partial charge >= 0.3 is 12.0 Å². The van der Waals surface area contributed by atoms with Crippen LogP contribution in [0.25, 0.3) is 0 Å². The Labute approximate surface area is 123 Å². The number of halogens is 1. The van der Waals surface area contributed by atoms with Crippen molar-refractivity contribution in [1.82, 2.24) is 10.6 Å². The van der Waals surface area contributed by atoms with Gasteiger partial charge in [-0.25, -0.2) is 9.18 Å². The highest BCUT2D eigenvalue weighted by Gasteiger charge is 2.09. The first-order chi connectivity index (χ1) is 9.79. The third kappa shape index (κ3) is 5.81. The molecule has 0 aliphatic rings. The summed E-state index contributed by atoms with van der Waals surface area (Å²) in [5.74, 6) is -1.25. The molecule has 0 aliphatic carbocycles. The van der Waals surface area contributed by atoms with Gasteiger partial charge in [0.05, 0.1) is 0 Å². The molecule has 3 N–H and O–H groups in total. The number of carboxylic acids is 1. The molecule has 0 saturated carbocycles. The standard InChI is InChI=1S/C15H21FN2O3/c1-9(4-13(19)20)7-17-15(21)18-8-12-5-10(2)14(16)11(3)6-12/h5-6,9H,4,7-8H2,1-3H3,(H,19,20)(H2,17,18,21). The lowest BCUT2D eigenvalue weighted by Gasteiger charge is -2.12. The number of aliphatic carboxylic acids is 1. The first-order valence-electron chi connectivity index (χ1n) is 6.78. The lowest BCUT2D eigenvalue weighted by Crippen LogP contribution is -2.37. The smallest absolute Gasteiger partial charge is 0.315 e. The van der Waals surface area contributed by atoms with Crippen molar-refractivity contribution < 1.29 is 19.1 Å². The van der Waals surface area contributed by atoms with E-state index in [-0.39, 0.29) is 24.2 Å². The summed E-state index contributed by atoms with van der Waals surface area (Å²) in [7, 11) is 0. The van der Waals surface area contributed by atoms with E-state index in [0.29, 0.717) is 24.2 Å². The van der Waals surface area contributed by atoms with Crippen molar-refractivity contribution in [2.24, 2.45) is 5.92 Å². The highest BCUT2D eigenvalue weighted by atomic mass is 19.1. The van der Waals surface area contributed by atoms with E-state index in [0.717, 1.165) is 5.56 Å². The van der Waals surface area contributed by atoms with E-state index in [4.69, 9.17) is 5.11 Å². The number of hydrogen-bond acceptors (Lipinski definition) is 2. The lowest BCUT2D eigenvalue weighted by molar-refractivity contribution is -0.137. The summed E-state index contributed by atoms with van der Waals surface area (Å²) >= 11 is 0. The van der Waals surface area contributed by atoms with E-state index < -0.39 is 5.97 Å². The molecule has 0 fully saturated rings. The largest absolute Gasteiger partial charge is 0.481 e. The van der Waals surface area contributed by atoms with E-state index in [1.807, 2.05) is 0 Å². The number of rotatable bonds is 6. The maximum Gasteiger partial charge on any atom is 0.315 e. The minimum atomic E-state index is -0.887. The van der Waals surface area contributed by atoms with Gasteiger partial charge in [0.2, 0.25) is 0 Å². The summed E-state index contributed by atoms with van der Waals surface area (Å²) in [4.78, 5) is 22.1. The molecule has 0 bridgehead atoms. The molecule has 5 nitrogen and oxygen atoms in total. The summed E-state index contributed by atoms with van der Waals surface area (Å²) in [6.07, 6.45) is 0.0105. The first kappa shape index (κ1) is 16.9. The summed E-state index contributed by atoms with van der Waals surface area (Å²) in [6, 6.07) is 3.01. The third-order valence-electron chi connectivity index (χ3n) is 3.08. The van der Waals surface area contributed by atoms with Crippen LogP contribution in [0.3, 0.4) is 0 Å². The Morgan fingerprint density at radius 3 is 2.33 bits per heavy atom. The molecular weight excluding hydrogens is 275 g/mol. The summed E-state index contributed by atoms with van der Waals surface area (Å²) < 4.78 is 13.5. The molecule has 1 aromatic rings. The van der Waals surface area contributed by atoms with E-state index in [1.54, 1.807) is 32.9 Å². The van der Waals surface area contributed by atoms with Crippen molar-refractivity contribution in [3.63, 3.8) is 0 Å². The molecule has 1 rings (SSSR count). The van der Waals surface area contributed by atoms with Gasteiger partial charge in [0.15, 0.2) is 0 Å². The second kappa shape index (κ2) is 7.61. The molecule has 1 aromatic carbocycles. The van der Waals surface area contributed by atoms with Gasteiger partial charge in [-0.05, 0) is 36.5 Å². The zero-order valence-corrected chi connectivity index (χ0v) is 12.5. The number of aryl methyl sites for hydroxylation is 2. The first-order valence-corrected chi connectivity index (χ1v) is 6.78. The minimum Gasteiger partial charge on any atom is -0.481 e. The van der Waals surface area contributed by atoms with Gasteiger partial charge < -0.3 is 15.7 Å². The molecule has 6 heteroatoms. The van der Waals surface area contributed by atoms with E-state index in [9.17, 15) is 14.0 Å². The highest BCUT2D eigenvalue weighted by molar-refractivity contribution is 5.74. The van der Waals surface area contributed by atoms with E-state index >= 15 is 0 Å². The average Bonchev–Trinajstić information content (AvgIpc) is 2.39. The van der Waals surface area contributed by atoms with Crippen molar-refractivity contribution in [2.75, 3.05) is 6.54 Å². The van der Waals surface area contributed by atoms with Crippen LogP contribution in [0.1, 0.15) is 30.0 Å².